The lowest BCUT2D eigenvalue weighted by atomic mass is 10.1. The van der Waals surface area contributed by atoms with Crippen LogP contribution in [0.2, 0.25) is 0 Å². The Balaban J connectivity index is 1.36. The van der Waals surface area contributed by atoms with E-state index in [1.807, 2.05) is 27.8 Å². The fourth-order valence-electron chi connectivity index (χ4n) is 3.17. The highest BCUT2D eigenvalue weighted by Crippen LogP contribution is 2.38. The van der Waals surface area contributed by atoms with E-state index in [1.165, 1.54) is 18.4 Å². The average molecular weight is 296 g/mol. The molecule has 0 bridgehead atoms. The lowest BCUT2D eigenvalue weighted by molar-refractivity contribution is -0.128. The summed E-state index contributed by atoms with van der Waals surface area (Å²) in [6.45, 7) is 2.31. The summed E-state index contributed by atoms with van der Waals surface area (Å²) in [6, 6.07) is 10.2. The van der Waals surface area contributed by atoms with Crippen LogP contribution in [0.1, 0.15) is 36.4 Å². The molecule has 0 N–H and O–H groups in total. The van der Waals surface area contributed by atoms with Gasteiger partial charge in [-0.1, -0.05) is 35.5 Å². The number of aromatic nitrogens is 3. The Hall–Kier alpha value is -2.17. The molecule has 1 amide bonds. The predicted molar refractivity (Wildman–Crippen MR) is 82.0 cm³/mol. The van der Waals surface area contributed by atoms with Crippen molar-refractivity contribution < 1.29 is 4.79 Å². The van der Waals surface area contributed by atoms with E-state index in [9.17, 15) is 4.79 Å². The highest BCUT2D eigenvalue weighted by atomic mass is 16.2. The van der Waals surface area contributed by atoms with E-state index < -0.39 is 0 Å². The van der Waals surface area contributed by atoms with Crippen molar-refractivity contribution in [2.24, 2.45) is 5.92 Å². The van der Waals surface area contributed by atoms with Crippen LogP contribution in [0.5, 0.6) is 0 Å². The minimum absolute atomic E-state index is 0.247. The summed E-state index contributed by atoms with van der Waals surface area (Å²) in [5.74, 6) is 1.22. The molecule has 0 radical (unpaired) electrons. The number of carbonyl (C=O) groups is 1. The first kappa shape index (κ1) is 13.5. The van der Waals surface area contributed by atoms with Gasteiger partial charge in [0, 0.05) is 44.1 Å². The molecule has 5 heteroatoms. The Bertz CT molecular complexity index is 662. The highest BCUT2D eigenvalue weighted by molar-refractivity contribution is 5.78. The van der Waals surface area contributed by atoms with Crippen LogP contribution in [0.3, 0.4) is 0 Å². The summed E-state index contributed by atoms with van der Waals surface area (Å²) >= 11 is 0. The highest BCUT2D eigenvalue weighted by Gasteiger charge is 2.31. The Morgan fingerprint density at radius 3 is 2.77 bits per heavy atom. The van der Waals surface area contributed by atoms with Crippen molar-refractivity contribution in [2.45, 2.75) is 38.3 Å². The lowest BCUT2D eigenvalue weighted by Crippen LogP contribution is -2.25. The zero-order valence-corrected chi connectivity index (χ0v) is 12.6. The van der Waals surface area contributed by atoms with Crippen LogP contribution in [0.25, 0.3) is 0 Å². The SMILES string of the molecule is O=C1CC(Cn2cc(C3CC3)nn2)CN1Cc1ccccc1. The van der Waals surface area contributed by atoms with Gasteiger partial charge in [0.05, 0.1) is 5.69 Å². The van der Waals surface area contributed by atoms with Crippen LogP contribution < -0.4 is 0 Å². The molecule has 2 aliphatic rings. The molecule has 2 heterocycles. The van der Waals surface area contributed by atoms with Gasteiger partial charge in [0.15, 0.2) is 0 Å². The van der Waals surface area contributed by atoms with Crippen molar-refractivity contribution in [3.8, 4) is 0 Å². The number of amides is 1. The quantitative estimate of drug-likeness (QED) is 0.850. The number of benzene rings is 1. The molecule has 1 aromatic heterocycles. The molecule has 1 saturated heterocycles. The summed E-state index contributed by atoms with van der Waals surface area (Å²) in [5.41, 5.74) is 2.30. The number of hydrogen-bond acceptors (Lipinski definition) is 3. The van der Waals surface area contributed by atoms with Crippen molar-refractivity contribution in [1.29, 1.82) is 0 Å². The maximum absolute atomic E-state index is 12.2. The van der Waals surface area contributed by atoms with Crippen LogP contribution in [0, 0.1) is 5.92 Å². The fourth-order valence-corrected chi connectivity index (χ4v) is 3.17. The number of likely N-dealkylation sites (tertiary alicyclic amines) is 1. The molecular weight excluding hydrogens is 276 g/mol. The average Bonchev–Trinajstić information content (AvgIpc) is 3.18. The predicted octanol–water partition coefficient (Wildman–Crippen LogP) is 2.20. The van der Waals surface area contributed by atoms with Crippen LogP contribution >= 0.6 is 0 Å². The van der Waals surface area contributed by atoms with Gasteiger partial charge >= 0.3 is 0 Å². The van der Waals surface area contributed by atoms with Crippen molar-refractivity contribution in [3.05, 3.63) is 47.8 Å². The summed E-state index contributed by atoms with van der Waals surface area (Å²) < 4.78 is 1.91. The largest absolute Gasteiger partial charge is 0.338 e. The smallest absolute Gasteiger partial charge is 0.223 e. The second-order valence-corrected chi connectivity index (χ2v) is 6.47. The molecule has 4 rings (SSSR count). The molecule has 1 saturated carbocycles. The van der Waals surface area contributed by atoms with Crippen LogP contribution in [-0.4, -0.2) is 32.3 Å². The Labute approximate surface area is 129 Å². The first-order valence-corrected chi connectivity index (χ1v) is 7.99. The number of nitrogens with zero attached hydrogens (tertiary/aromatic N) is 4. The van der Waals surface area contributed by atoms with Gasteiger partial charge in [0.2, 0.25) is 5.91 Å². The van der Waals surface area contributed by atoms with E-state index in [2.05, 4.69) is 28.6 Å². The van der Waals surface area contributed by atoms with Crippen molar-refractivity contribution in [2.75, 3.05) is 6.54 Å². The molecular formula is C17H20N4O. The van der Waals surface area contributed by atoms with E-state index >= 15 is 0 Å². The zero-order valence-electron chi connectivity index (χ0n) is 12.6. The van der Waals surface area contributed by atoms with E-state index in [0.29, 0.717) is 24.8 Å². The summed E-state index contributed by atoms with van der Waals surface area (Å²) in [5, 5.41) is 8.45. The Morgan fingerprint density at radius 1 is 1.18 bits per heavy atom. The minimum atomic E-state index is 0.247. The molecule has 0 spiro atoms. The minimum Gasteiger partial charge on any atom is -0.338 e. The number of rotatable bonds is 5. The fraction of sp³-hybridized carbons (Fsp3) is 0.471. The molecule has 114 valence electrons. The van der Waals surface area contributed by atoms with Gasteiger partial charge in [-0.05, 0) is 18.4 Å². The maximum atomic E-state index is 12.2. The zero-order chi connectivity index (χ0) is 14.9. The van der Waals surface area contributed by atoms with Gasteiger partial charge in [-0.3, -0.25) is 9.48 Å². The van der Waals surface area contributed by atoms with Gasteiger partial charge in [-0.15, -0.1) is 5.10 Å². The normalized spacial score (nSPS) is 21.5. The van der Waals surface area contributed by atoms with Gasteiger partial charge in [-0.2, -0.15) is 0 Å². The molecule has 1 aromatic carbocycles. The maximum Gasteiger partial charge on any atom is 0.223 e. The van der Waals surface area contributed by atoms with E-state index in [0.717, 1.165) is 18.8 Å². The topological polar surface area (TPSA) is 51.0 Å². The van der Waals surface area contributed by atoms with Gasteiger partial charge in [0.1, 0.15) is 0 Å². The van der Waals surface area contributed by atoms with E-state index in [4.69, 9.17) is 0 Å². The Kier molecular flexibility index (Phi) is 3.41. The molecule has 5 nitrogen and oxygen atoms in total. The summed E-state index contributed by atoms with van der Waals surface area (Å²) in [7, 11) is 0. The van der Waals surface area contributed by atoms with Crippen molar-refractivity contribution in [1.82, 2.24) is 19.9 Å². The van der Waals surface area contributed by atoms with Crippen LogP contribution in [0.4, 0.5) is 0 Å². The Morgan fingerprint density at radius 2 is 2.00 bits per heavy atom. The second-order valence-electron chi connectivity index (χ2n) is 6.47. The molecule has 1 atom stereocenters. The third-order valence-electron chi connectivity index (χ3n) is 4.51. The van der Waals surface area contributed by atoms with Gasteiger partial charge in [0.25, 0.3) is 0 Å². The number of hydrogen-bond donors (Lipinski definition) is 0. The summed E-state index contributed by atoms with van der Waals surface area (Å²) in [6.07, 6.45) is 5.16. The molecule has 1 unspecified atom stereocenters. The molecule has 22 heavy (non-hydrogen) atoms. The van der Waals surface area contributed by atoms with E-state index in [-0.39, 0.29) is 5.91 Å². The first-order valence-electron chi connectivity index (χ1n) is 7.99. The van der Waals surface area contributed by atoms with Crippen LogP contribution in [0.15, 0.2) is 36.5 Å². The van der Waals surface area contributed by atoms with Gasteiger partial charge in [-0.25, -0.2) is 0 Å². The molecule has 1 aliphatic heterocycles. The molecule has 2 fully saturated rings. The second kappa shape index (κ2) is 5.55. The van der Waals surface area contributed by atoms with Crippen molar-refractivity contribution in [3.63, 3.8) is 0 Å². The third kappa shape index (κ3) is 2.89. The van der Waals surface area contributed by atoms with Crippen LogP contribution in [-0.2, 0) is 17.9 Å². The summed E-state index contributed by atoms with van der Waals surface area (Å²) in [4.78, 5) is 14.1. The van der Waals surface area contributed by atoms with E-state index in [1.54, 1.807) is 0 Å². The van der Waals surface area contributed by atoms with Gasteiger partial charge < -0.3 is 4.90 Å². The standard InChI is InChI=1S/C17H20N4O/c22-17-8-14(10-20(17)9-13-4-2-1-3-5-13)11-21-12-16(18-19-21)15-6-7-15/h1-5,12,14-15H,6-11H2. The first-order chi connectivity index (χ1) is 10.8. The monoisotopic (exact) mass is 296 g/mol. The third-order valence-corrected chi connectivity index (χ3v) is 4.51. The lowest BCUT2D eigenvalue weighted by Gasteiger charge is -2.16. The number of carbonyl (C=O) groups excluding carboxylic acids is 1. The molecule has 1 aliphatic carbocycles. The van der Waals surface area contributed by atoms with Crippen molar-refractivity contribution >= 4 is 5.91 Å². The molecule has 2 aromatic rings.